The van der Waals surface area contributed by atoms with Crippen molar-refractivity contribution in [2.24, 2.45) is 0 Å². The first-order valence-corrected chi connectivity index (χ1v) is 5.59. The third-order valence-corrected chi connectivity index (χ3v) is 2.31. The number of benzene rings is 1. The highest BCUT2D eigenvalue weighted by atomic mass is 16.5. The van der Waals surface area contributed by atoms with Crippen LogP contribution in [-0.4, -0.2) is 47.6 Å². The van der Waals surface area contributed by atoms with Crippen LogP contribution in [0.2, 0.25) is 0 Å². The molecule has 108 valence electrons. The molecule has 7 nitrogen and oxygen atoms in total. The zero-order chi connectivity index (χ0) is 15.1. The summed E-state index contributed by atoms with van der Waals surface area (Å²) in [5, 5.41) is 26.2. The van der Waals surface area contributed by atoms with Gasteiger partial charge in [0.05, 0.1) is 13.7 Å². The Morgan fingerprint density at radius 2 is 1.85 bits per heavy atom. The summed E-state index contributed by atoms with van der Waals surface area (Å²) in [5.74, 6) is -2.39. The average Bonchev–Trinajstić information content (AvgIpc) is 2.42. The van der Waals surface area contributed by atoms with Crippen LogP contribution in [0.1, 0.15) is 5.56 Å². The Labute approximate surface area is 114 Å². The number of hydrogen-bond donors (Lipinski definition) is 3. The van der Waals surface area contributed by atoms with E-state index in [-0.39, 0.29) is 13.2 Å². The molecule has 0 fully saturated rings. The van der Waals surface area contributed by atoms with Gasteiger partial charge in [-0.2, -0.15) is 0 Å². The maximum atomic E-state index is 10.8. The SMILES string of the molecule is COc1cc(C=C(C(=O)O)C(=O)O)ccc1OCCO. The average molecular weight is 282 g/mol. The Kier molecular flexibility index (Phi) is 5.55. The first kappa shape index (κ1) is 15.5. The number of aliphatic hydroxyl groups is 1. The number of rotatable bonds is 7. The van der Waals surface area contributed by atoms with E-state index in [1.165, 1.54) is 25.3 Å². The summed E-state index contributed by atoms with van der Waals surface area (Å²) in [6.07, 6.45) is 1.02. The lowest BCUT2D eigenvalue weighted by molar-refractivity contribution is -0.140. The lowest BCUT2D eigenvalue weighted by Gasteiger charge is -2.10. The van der Waals surface area contributed by atoms with Gasteiger partial charge in [0.1, 0.15) is 12.2 Å². The van der Waals surface area contributed by atoms with Gasteiger partial charge < -0.3 is 24.8 Å². The number of carboxylic acid groups (broad SMARTS) is 2. The second kappa shape index (κ2) is 7.15. The molecule has 0 bridgehead atoms. The molecule has 0 aromatic heterocycles. The third-order valence-electron chi connectivity index (χ3n) is 2.31. The summed E-state index contributed by atoms with van der Waals surface area (Å²) >= 11 is 0. The topological polar surface area (TPSA) is 113 Å². The minimum absolute atomic E-state index is 0.0844. The highest BCUT2D eigenvalue weighted by Crippen LogP contribution is 2.28. The molecule has 0 radical (unpaired) electrons. The van der Waals surface area contributed by atoms with Crippen molar-refractivity contribution in [2.75, 3.05) is 20.3 Å². The molecule has 1 aromatic rings. The van der Waals surface area contributed by atoms with Crippen LogP contribution in [0.4, 0.5) is 0 Å². The molecule has 0 saturated carbocycles. The van der Waals surface area contributed by atoms with Crippen molar-refractivity contribution in [3.63, 3.8) is 0 Å². The maximum absolute atomic E-state index is 10.8. The standard InChI is InChI=1S/C13H14O7/c1-19-11-7-8(2-3-10(11)20-5-4-14)6-9(12(15)16)13(17)18/h2-3,6-7,14H,4-5H2,1H3,(H,15,16)(H,17,18). The highest BCUT2D eigenvalue weighted by molar-refractivity contribution is 6.16. The van der Waals surface area contributed by atoms with Gasteiger partial charge in [-0.25, -0.2) is 9.59 Å². The summed E-state index contributed by atoms with van der Waals surface area (Å²) in [4.78, 5) is 21.6. The fourth-order valence-electron chi connectivity index (χ4n) is 1.43. The van der Waals surface area contributed by atoms with Gasteiger partial charge in [0.25, 0.3) is 0 Å². The van der Waals surface area contributed by atoms with E-state index < -0.39 is 17.5 Å². The van der Waals surface area contributed by atoms with Gasteiger partial charge in [0.15, 0.2) is 11.5 Å². The van der Waals surface area contributed by atoms with Crippen LogP contribution in [0.3, 0.4) is 0 Å². The van der Waals surface area contributed by atoms with E-state index >= 15 is 0 Å². The summed E-state index contributed by atoms with van der Waals surface area (Å²) in [6.45, 7) is -0.0754. The summed E-state index contributed by atoms with van der Waals surface area (Å²) < 4.78 is 10.3. The summed E-state index contributed by atoms with van der Waals surface area (Å²) in [5.41, 5.74) is -0.408. The van der Waals surface area contributed by atoms with E-state index in [4.69, 9.17) is 24.8 Å². The Hall–Kier alpha value is -2.54. The van der Waals surface area contributed by atoms with Crippen LogP contribution in [0.25, 0.3) is 6.08 Å². The summed E-state index contributed by atoms with van der Waals surface area (Å²) in [7, 11) is 1.39. The fraction of sp³-hybridized carbons (Fsp3) is 0.231. The van der Waals surface area contributed by atoms with Crippen molar-refractivity contribution in [1.29, 1.82) is 0 Å². The van der Waals surface area contributed by atoms with Crippen LogP contribution in [-0.2, 0) is 9.59 Å². The van der Waals surface area contributed by atoms with Crippen LogP contribution in [0.15, 0.2) is 23.8 Å². The highest BCUT2D eigenvalue weighted by Gasteiger charge is 2.16. The van der Waals surface area contributed by atoms with Gasteiger partial charge in [-0.1, -0.05) is 6.07 Å². The van der Waals surface area contributed by atoms with Crippen molar-refractivity contribution in [3.8, 4) is 11.5 Å². The fourth-order valence-corrected chi connectivity index (χ4v) is 1.43. The van der Waals surface area contributed by atoms with Gasteiger partial charge in [-0.15, -0.1) is 0 Å². The molecule has 0 unspecified atom stereocenters. The molecule has 0 spiro atoms. The number of ether oxygens (including phenoxy) is 2. The molecule has 0 saturated heterocycles. The number of hydrogen-bond acceptors (Lipinski definition) is 5. The largest absolute Gasteiger partial charge is 0.493 e. The van der Waals surface area contributed by atoms with Crippen molar-refractivity contribution < 1.29 is 34.4 Å². The molecule has 0 atom stereocenters. The molecule has 0 amide bonds. The predicted molar refractivity (Wildman–Crippen MR) is 68.8 cm³/mol. The van der Waals surface area contributed by atoms with E-state index in [0.29, 0.717) is 17.1 Å². The zero-order valence-electron chi connectivity index (χ0n) is 10.7. The normalized spacial score (nSPS) is 9.70. The van der Waals surface area contributed by atoms with E-state index in [1.54, 1.807) is 0 Å². The first-order valence-electron chi connectivity index (χ1n) is 5.59. The van der Waals surface area contributed by atoms with Gasteiger partial charge in [0, 0.05) is 0 Å². The molecule has 1 rings (SSSR count). The van der Waals surface area contributed by atoms with Crippen molar-refractivity contribution in [3.05, 3.63) is 29.3 Å². The quantitative estimate of drug-likeness (QED) is 0.381. The number of carboxylic acids is 2. The van der Waals surface area contributed by atoms with Crippen molar-refractivity contribution >= 4 is 18.0 Å². The molecule has 3 N–H and O–H groups in total. The third kappa shape index (κ3) is 3.99. The lowest BCUT2D eigenvalue weighted by Crippen LogP contribution is -2.10. The van der Waals surface area contributed by atoms with Gasteiger partial charge in [-0.05, 0) is 23.8 Å². The molecule has 0 aliphatic heterocycles. The smallest absolute Gasteiger partial charge is 0.343 e. The van der Waals surface area contributed by atoms with E-state index in [0.717, 1.165) is 6.08 Å². The second-order valence-corrected chi connectivity index (χ2v) is 3.65. The molecule has 20 heavy (non-hydrogen) atoms. The van der Waals surface area contributed by atoms with Crippen molar-refractivity contribution in [1.82, 2.24) is 0 Å². The Morgan fingerprint density at radius 1 is 1.20 bits per heavy atom. The Bertz CT molecular complexity index is 518. The van der Waals surface area contributed by atoms with E-state index in [9.17, 15) is 9.59 Å². The van der Waals surface area contributed by atoms with Crippen LogP contribution in [0, 0.1) is 0 Å². The predicted octanol–water partition coefficient (Wildman–Crippen LogP) is 0.619. The molecule has 0 aliphatic rings. The van der Waals surface area contributed by atoms with Gasteiger partial charge in [0.2, 0.25) is 0 Å². The molecule has 7 heteroatoms. The minimum atomic E-state index is -1.53. The number of carbonyl (C=O) groups is 2. The monoisotopic (exact) mass is 282 g/mol. The van der Waals surface area contributed by atoms with Gasteiger partial charge >= 0.3 is 11.9 Å². The molecular formula is C13H14O7. The molecule has 1 aromatic carbocycles. The number of aliphatic carboxylic acids is 2. The lowest BCUT2D eigenvalue weighted by atomic mass is 10.1. The van der Waals surface area contributed by atoms with E-state index in [1.807, 2.05) is 0 Å². The number of aliphatic hydroxyl groups excluding tert-OH is 1. The molecule has 0 heterocycles. The minimum Gasteiger partial charge on any atom is -0.493 e. The second-order valence-electron chi connectivity index (χ2n) is 3.65. The van der Waals surface area contributed by atoms with Crippen LogP contribution in [0.5, 0.6) is 11.5 Å². The maximum Gasteiger partial charge on any atom is 0.343 e. The number of methoxy groups -OCH3 is 1. The Balaban J connectivity index is 3.12. The summed E-state index contributed by atoms with van der Waals surface area (Å²) in [6, 6.07) is 4.43. The molecular weight excluding hydrogens is 268 g/mol. The van der Waals surface area contributed by atoms with Crippen LogP contribution >= 0.6 is 0 Å². The van der Waals surface area contributed by atoms with E-state index in [2.05, 4.69) is 0 Å². The van der Waals surface area contributed by atoms with Crippen LogP contribution < -0.4 is 9.47 Å². The van der Waals surface area contributed by atoms with Gasteiger partial charge in [-0.3, -0.25) is 0 Å². The first-order chi connectivity index (χ1) is 9.49. The molecule has 0 aliphatic carbocycles. The Morgan fingerprint density at radius 3 is 2.35 bits per heavy atom. The zero-order valence-corrected chi connectivity index (χ0v) is 10.7. The van der Waals surface area contributed by atoms with Crippen molar-refractivity contribution in [2.45, 2.75) is 0 Å².